The van der Waals surface area contributed by atoms with E-state index in [4.69, 9.17) is 4.74 Å². The minimum atomic E-state index is -3.66. The van der Waals surface area contributed by atoms with Crippen molar-refractivity contribution in [1.29, 1.82) is 0 Å². The zero-order chi connectivity index (χ0) is 21.6. The molecule has 1 N–H and O–H groups in total. The molecule has 1 heterocycles. The third kappa shape index (κ3) is 4.72. The van der Waals surface area contributed by atoms with E-state index in [1.807, 2.05) is 26.8 Å². The van der Waals surface area contributed by atoms with Crippen LogP contribution in [-0.4, -0.2) is 33.2 Å². The lowest BCUT2D eigenvalue weighted by Crippen LogP contribution is -2.48. The number of fused-ring (bicyclic) bond motifs is 1. The molecule has 2 aromatic carbocycles. The number of carbonyl (C=O) groups is 1. The van der Waals surface area contributed by atoms with Gasteiger partial charge in [0, 0.05) is 4.47 Å². The molecule has 0 aliphatic carbocycles. The normalized spacial score (nSPS) is 16.8. The number of hydrogen-bond donors (Lipinski definition) is 1. The average molecular weight is 485 g/mol. The fourth-order valence-corrected chi connectivity index (χ4v) is 4.21. The third-order valence-electron chi connectivity index (χ3n) is 4.58. The van der Waals surface area contributed by atoms with Gasteiger partial charge >= 0.3 is 0 Å². The quantitative estimate of drug-likeness (QED) is 0.712. The van der Waals surface area contributed by atoms with E-state index in [0.29, 0.717) is 10.2 Å². The van der Waals surface area contributed by atoms with E-state index < -0.39 is 27.9 Å². The summed E-state index contributed by atoms with van der Waals surface area (Å²) in [6.07, 6.45) is -0.0457. The molecule has 0 bridgehead atoms. The van der Waals surface area contributed by atoms with E-state index in [2.05, 4.69) is 21.2 Å². The first kappa shape index (κ1) is 21.6. The van der Waals surface area contributed by atoms with Crippen LogP contribution in [0.4, 0.5) is 15.8 Å². The molecule has 1 amide bonds. The summed E-state index contributed by atoms with van der Waals surface area (Å²) in [7, 11) is -3.66. The molecule has 1 unspecified atom stereocenters. The maximum atomic E-state index is 14.0. The number of carbonyl (C=O) groups excluding carboxylic acids is 1. The Kier molecular flexibility index (Phi) is 5.66. The number of nitrogens with zero attached hydrogens (tertiary/aromatic N) is 1. The number of halogens is 2. The molecule has 1 atom stereocenters. The first-order valence-corrected chi connectivity index (χ1v) is 11.6. The zero-order valence-corrected chi connectivity index (χ0v) is 18.9. The first-order chi connectivity index (χ1) is 13.4. The van der Waals surface area contributed by atoms with Crippen LogP contribution in [0.3, 0.4) is 0 Å². The van der Waals surface area contributed by atoms with Gasteiger partial charge in [0.25, 0.3) is 5.91 Å². The number of benzene rings is 2. The van der Waals surface area contributed by atoms with Crippen LogP contribution in [0.2, 0.25) is 0 Å². The topological polar surface area (TPSA) is 75.7 Å². The molecule has 29 heavy (non-hydrogen) atoms. The highest BCUT2D eigenvalue weighted by atomic mass is 79.9. The van der Waals surface area contributed by atoms with Gasteiger partial charge in [-0.25, -0.2) is 12.8 Å². The summed E-state index contributed by atoms with van der Waals surface area (Å²) in [5.74, 6) is -0.963. The van der Waals surface area contributed by atoms with E-state index in [1.54, 1.807) is 18.2 Å². The minimum Gasteiger partial charge on any atom is -0.476 e. The molecule has 2 aromatic rings. The zero-order valence-electron chi connectivity index (χ0n) is 16.5. The predicted molar refractivity (Wildman–Crippen MR) is 114 cm³/mol. The van der Waals surface area contributed by atoms with Crippen molar-refractivity contribution in [3.05, 3.63) is 52.3 Å². The van der Waals surface area contributed by atoms with E-state index in [1.165, 1.54) is 12.1 Å². The molecular formula is C20H22BrFN2O4S. The van der Waals surface area contributed by atoms with Gasteiger partial charge in [-0.15, -0.1) is 0 Å². The Bertz CT molecular complexity index is 1070. The van der Waals surface area contributed by atoms with Crippen LogP contribution in [0.25, 0.3) is 0 Å². The highest BCUT2D eigenvalue weighted by Gasteiger charge is 2.36. The standard InChI is InChI=1S/C20H22BrFN2O4S/c1-20(2,3)12-5-8-17-16(9-12)24(29(4,26)27)11-18(28-17)19(25)23-15-7-6-13(21)10-14(15)22/h5-10,18H,11H2,1-4H3,(H,23,25). The average Bonchev–Trinajstić information content (AvgIpc) is 2.61. The van der Waals surface area contributed by atoms with Gasteiger partial charge in [-0.05, 0) is 41.3 Å². The van der Waals surface area contributed by atoms with Gasteiger partial charge in [-0.1, -0.05) is 42.8 Å². The van der Waals surface area contributed by atoms with Gasteiger partial charge in [0.2, 0.25) is 10.0 Å². The highest BCUT2D eigenvalue weighted by molar-refractivity contribution is 9.10. The summed E-state index contributed by atoms with van der Waals surface area (Å²) in [5.41, 5.74) is 1.12. The van der Waals surface area contributed by atoms with Crippen LogP contribution < -0.4 is 14.4 Å². The Balaban J connectivity index is 1.93. The second-order valence-electron chi connectivity index (χ2n) is 7.95. The number of ether oxygens (including phenoxy) is 1. The van der Waals surface area contributed by atoms with Gasteiger partial charge in [0.1, 0.15) is 11.6 Å². The molecule has 1 aliphatic rings. The SMILES string of the molecule is CC(C)(C)c1ccc2c(c1)N(S(C)(=O)=O)CC(C(=O)Nc1ccc(Br)cc1F)O2. The fraction of sp³-hybridized carbons (Fsp3) is 0.350. The molecule has 0 spiro atoms. The van der Waals surface area contributed by atoms with E-state index in [0.717, 1.165) is 16.1 Å². The summed E-state index contributed by atoms with van der Waals surface area (Å²) in [6.45, 7) is 5.86. The number of rotatable bonds is 3. The maximum absolute atomic E-state index is 14.0. The van der Waals surface area contributed by atoms with Crippen LogP contribution in [0.1, 0.15) is 26.3 Å². The highest BCUT2D eigenvalue weighted by Crippen LogP contribution is 2.38. The van der Waals surface area contributed by atoms with Gasteiger partial charge in [-0.3, -0.25) is 9.10 Å². The lowest BCUT2D eigenvalue weighted by atomic mass is 9.86. The van der Waals surface area contributed by atoms with Crippen molar-refractivity contribution in [2.45, 2.75) is 32.3 Å². The molecule has 0 saturated heterocycles. The molecule has 3 rings (SSSR count). The summed E-state index contributed by atoms with van der Waals surface area (Å²) in [6, 6.07) is 9.49. The Morgan fingerprint density at radius 1 is 1.24 bits per heavy atom. The molecule has 6 nitrogen and oxygen atoms in total. The molecule has 156 valence electrons. The lowest BCUT2D eigenvalue weighted by Gasteiger charge is -2.35. The molecule has 0 radical (unpaired) electrons. The predicted octanol–water partition coefficient (Wildman–Crippen LogP) is 4.05. The van der Waals surface area contributed by atoms with Crippen molar-refractivity contribution in [3.63, 3.8) is 0 Å². The smallest absolute Gasteiger partial charge is 0.267 e. The second-order valence-corrected chi connectivity index (χ2v) is 10.8. The molecular weight excluding hydrogens is 463 g/mol. The molecule has 9 heteroatoms. The summed E-state index contributed by atoms with van der Waals surface area (Å²) in [4.78, 5) is 12.7. The van der Waals surface area contributed by atoms with Crippen molar-refractivity contribution in [3.8, 4) is 5.75 Å². The van der Waals surface area contributed by atoms with Crippen molar-refractivity contribution >= 4 is 43.2 Å². The van der Waals surface area contributed by atoms with Crippen LogP contribution in [0.5, 0.6) is 5.75 Å². The number of anilines is 2. The van der Waals surface area contributed by atoms with Crippen LogP contribution in [0, 0.1) is 5.82 Å². The van der Waals surface area contributed by atoms with E-state index >= 15 is 0 Å². The monoisotopic (exact) mass is 484 g/mol. The Morgan fingerprint density at radius 3 is 2.52 bits per heavy atom. The number of amides is 1. The maximum Gasteiger partial charge on any atom is 0.267 e. The largest absolute Gasteiger partial charge is 0.476 e. The molecule has 0 aromatic heterocycles. The summed E-state index contributed by atoms with van der Waals surface area (Å²) in [5, 5.41) is 2.46. The summed E-state index contributed by atoms with van der Waals surface area (Å²) >= 11 is 3.16. The minimum absolute atomic E-state index is 0.0124. The number of sulfonamides is 1. The first-order valence-electron chi connectivity index (χ1n) is 8.91. The summed E-state index contributed by atoms with van der Waals surface area (Å²) < 4.78 is 46.3. The van der Waals surface area contributed by atoms with Gasteiger partial charge < -0.3 is 10.1 Å². The fourth-order valence-electron chi connectivity index (χ4n) is 2.97. The molecule has 0 saturated carbocycles. The second kappa shape index (κ2) is 7.60. The van der Waals surface area contributed by atoms with E-state index in [-0.39, 0.29) is 23.4 Å². The number of hydrogen-bond acceptors (Lipinski definition) is 4. The Labute approximate surface area is 178 Å². The molecule has 1 aliphatic heterocycles. The van der Waals surface area contributed by atoms with Crippen molar-refractivity contribution in [2.24, 2.45) is 0 Å². The Hall–Kier alpha value is -2.13. The van der Waals surface area contributed by atoms with Crippen molar-refractivity contribution < 1.29 is 22.3 Å². The van der Waals surface area contributed by atoms with Gasteiger partial charge in [-0.2, -0.15) is 0 Å². The van der Waals surface area contributed by atoms with Gasteiger partial charge in [0.15, 0.2) is 6.10 Å². The van der Waals surface area contributed by atoms with Crippen molar-refractivity contribution in [1.82, 2.24) is 0 Å². The van der Waals surface area contributed by atoms with E-state index in [9.17, 15) is 17.6 Å². The van der Waals surface area contributed by atoms with Crippen LogP contribution in [0.15, 0.2) is 40.9 Å². The Morgan fingerprint density at radius 2 is 1.93 bits per heavy atom. The van der Waals surface area contributed by atoms with Gasteiger partial charge in [0.05, 0.1) is 24.2 Å². The third-order valence-corrected chi connectivity index (χ3v) is 6.22. The van der Waals surface area contributed by atoms with Crippen LogP contribution >= 0.6 is 15.9 Å². The number of nitrogens with one attached hydrogen (secondary N) is 1. The molecule has 0 fully saturated rings. The van der Waals surface area contributed by atoms with Crippen LogP contribution in [-0.2, 0) is 20.2 Å². The lowest BCUT2D eigenvalue weighted by molar-refractivity contribution is -0.122. The van der Waals surface area contributed by atoms with Crippen molar-refractivity contribution in [2.75, 3.05) is 22.4 Å².